The number of fused-ring (bicyclic) bond motifs is 2. The van der Waals surface area contributed by atoms with Crippen molar-refractivity contribution in [1.82, 2.24) is 20.2 Å². The van der Waals surface area contributed by atoms with E-state index in [4.69, 9.17) is 0 Å². The predicted octanol–water partition coefficient (Wildman–Crippen LogP) is 5.41. The lowest BCUT2D eigenvalue weighted by molar-refractivity contribution is -0.137. The normalized spacial score (nSPS) is 20.6. The van der Waals surface area contributed by atoms with Crippen LogP contribution in [0.4, 0.5) is 13.2 Å². The molecule has 10 heteroatoms. The number of aromatic nitrogens is 2. The average molecular weight is 523 g/mol. The smallest absolute Gasteiger partial charge is 0.350 e. The molecule has 2 aromatic carbocycles. The van der Waals surface area contributed by atoms with Crippen molar-refractivity contribution in [2.45, 2.75) is 31.1 Å². The number of alkyl halides is 3. The third kappa shape index (κ3) is 4.35. The van der Waals surface area contributed by atoms with Crippen molar-refractivity contribution in [3.05, 3.63) is 83.1 Å². The summed E-state index contributed by atoms with van der Waals surface area (Å²) in [5.41, 5.74) is 2.23. The quantitative estimate of drug-likeness (QED) is 0.380. The standard InChI is InChI=1S/C27H21F3N4O2S/c28-27(29,30)18-7-1-5-16(10-18)24-23(33-14-37-24)26(36)34-19(11-17-12-21(17)34)13-32-25(35)20-8-2-4-15-6-3-9-31-22(15)20/h1-10,14,17,19,21H,11-13H2,(H,32,35)/t17-,19+,21+/m1/s1. The summed E-state index contributed by atoms with van der Waals surface area (Å²) >= 11 is 1.14. The van der Waals surface area contributed by atoms with Gasteiger partial charge in [-0.25, -0.2) is 4.98 Å². The molecule has 0 spiro atoms. The van der Waals surface area contributed by atoms with E-state index in [1.54, 1.807) is 29.3 Å². The SMILES string of the molecule is O=C(NC[C@@H]1C[C@@H]2C[C@@H]2N1C(=O)c1ncsc1-c1cccc(C(F)(F)F)c1)c1cccc2cccnc12. The Bertz CT molecular complexity index is 1510. The van der Waals surface area contributed by atoms with Gasteiger partial charge in [0, 0.05) is 24.2 Å². The van der Waals surface area contributed by atoms with Gasteiger partial charge in [0.1, 0.15) is 5.69 Å². The largest absolute Gasteiger partial charge is 0.416 e. The summed E-state index contributed by atoms with van der Waals surface area (Å²) < 4.78 is 39.8. The molecular formula is C27H21F3N4O2S. The summed E-state index contributed by atoms with van der Waals surface area (Å²) in [6.45, 7) is 0.268. The maximum Gasteiger partial charge on any atom is 0.416 e. The van der Waals surface area contributed by atoms with Gasteiger partial charge in [-0.1, -0.05) is 30.3 Å². The minimum Gasteiger partial charge on any atom is -0.350 e. The Labute approximate surface area is 214 Å². The van der Waals surface area contributed by atoms with E-state index in [-0.39, 0.29) is 36.1 Å². The Kier molecular flexibility index (Phi) is 5.71. The number of piperidine rings is 1. The van der Waals surface area contributed by atoms with E-state index in [0.29, 0.717) is 27.4 Å². The van der Waals surface area contributed by atoms with E-state index < -0.39 is 11.7 Å². The van der Waals surface area contributed by atoms with Gasteiger partial charge < -0.3 is 10.2 Å². The van der Waals surface area contributed by atoms with Crippen LogP contribution in [0.2, 0.25) is 0 Å². The Morgan fingerprint density at radius 3 is 2.70 bits per heavy atom. The summed E-state index contributed by atoms with van der Waals surface area (Å²) in [4.78, 5) is 37.4. The zero-order chi connectivity index (χ0) is 25.7. The average Bonchev–Trinajstić information content (AvgIpc) is 3.31. The maximum absolute atomic E-state index is 13.6. The van der Waals surface area contributed by atoms with Gasteiger partial charge in [-0.15, -0.1) is 11.3 Å². The van der Waals surface area contributed by atoms with Crippen LogP contribution in [-0.2, 0) is 6.18 Å². The third-order valence-electron chi connectivity index (χ3n) is 7.04. The molecule has 2 aromatic heterocycles. The van der Waals surface area contributed by atoms with Crippen LogP contribution in [0, 0.1) is 5.92 Å². The highest BCUT2D eigenvalue weighted by Gasteiger charge is 2.54. The summed E-state index contributed by atoms with van der Waals surface area (Å²) in [5.74, 6) is -0.221. The number of hydrogen-bond acceptors (Lipinski definition) is 5. The Hall–Kier alpha value is -3.79. The molecule has 0 unspecified atom stereocenters. The number of benzene rings is 2. The lowest BCUT2D eigenvalue weighted by atomic mass is 10.1. The van der Waals surface area contributed by atoms with Gasteiger partial charge in [-0.3, -0.25) is 14.6 Å². The van der Waals surface area contributed by atoms with Crippen LogP contribution in [0.15, 0.2) is 66.3 Å². The highest BCUT2D eigenvalue weighted by atomic mass is 32.1. The molecular weight excluding hydrogens is 501 g/mol. The van der Waals surface area contributed by atoms with Crippen LogP contribution in [0.3, 0.4) is 0 Å². The van der Waals surface area contributed by atoms with Gasteiger partial charge in [-0.05, 0) is 48.6 Å². The molecule has 2 fully saturated rings. The molecule has 1 aliphatic carbocycles. The third-order valence-corrected chi connectivity index (χ3v) is 7.92. The van der Waals surface area contributed by atoms with E-state index in [0.717, 1.165) is 41.7 Å². The van der Waals surface area contributed by atoms with Gasteiger partial charge >= 0.3 is 6.18 Å². The van der Waals surface area contributed by atoms with E-state index in [2.05, 4.69) is 15.3 Å². The number of nitrogens with one attached hydrogen (secondary N) is 1. The van der Waals surface area contributed by atoms with Crippen molar-refractivity contribution in [2.75, 3.05) is 6.54 Å². The van der Waals surface area contributed by atoms with Crippen LogP contribution in [0.25, 0.3) is 21.3 Å². The van der Waals surface area contributed by atoms with E-state index in [9.17, 15) is 22.8 Å². The minimum absolute atomic E-state index is 0.0599. The van der Waals surface area contributed by atoms with Crippen molar-refractivity contribution in [2.24, 2.45) is 5.92 Å². The van der Waals surface area contributed by atoms with Crippen LogP contribution in [-0.4, -0.2) is 45.3 Å². The van der Waals surface area contributed by atoms with Crippen molar-refractivity contribution < 1.29 is 22.8 Å². The van der Waals surface area contributed by atoms with Crippen LogP contribution in [0.1, 0.15) is 39.3 Å². The zero-order valence-electron chi connectivity index (χ0n) is 19.4. The van der Waals surface area contributed by atoms with Crippen molar-refractivity contribution >= 4 is 34.1 Å². The molecule has 1 saturated carbocycles. The molecule has 1 N–H and O–H groups in total. The number of halogens is 3. The molecule has 0 bridgehead atoms. The number of pyridine rings is 1. The highest BCUT2D eigenvalue weighted by Crippen LogP contribution is 2.48. The van der Waals surface area contributed by atoms with Crippen molar-refractivity contribution in [3.8, 4) is 10.4 Å². The van der Waals surface area contributed by atoms with Crippen LogP contribution >= 0.6 is 11.3 Å². The number of para-hydroxylation sites is 1. The van der Waals surface area contributed by atoms with Gasteiger partial charge in [0.2, 0.25) is 0 Å². The fourth-order valence-electron chi connectivity index (χ4n) is 5.21. The minimum atomic E-state index is -4.48. The molecule has 3 heterocycles. The zero-order valence-corrected chi connectivity index (χ0v) is 20.2. The second kappa shape index (κ2) is 8.95. The van der Waals surface area contributed by atoms with E-state index >= 15 is 0 Å². The molecule has 188 valence electrons. The summed E-state index contributed by atoms with van der Waals surface area (Å²) in [6, 6.07) is 13.9. The molecule has 2 amide bonds. The molecule has 4 aromatic rings. The molecule has 1 saturated heterocycles. The van der Waals surface area contributed by atoms with Gasteiger partial charge in [-0.2, -0.15) is 13.2 Å². The number of carbonyl (C=O) groups excluding carboxylic acids is 2. The van der Waals surface area contributed by atoms with E-state index in [1.165, 1.54) is 11.6 Å². The molecule has 6 nitrogen and oxygen atoms in total. The first-order valence-corrected chi connectivity index (χ1v) is 12.7. The number of carbonyl (C=O) groups is 2. The van der Waals surface area contributed by atoms with Gasteiger partial charge in [0.25, 0.3) is 11.8 Å². The fraction of sp³-hybridized carbons (Fsp3) is 0.259. The molecule has 37 heavy (non-hydrogen) atoms. The molecule has 1 aliphatic heterocycles. The lowest BCUT2D eigenvalue weighted by Crippen LogP contribution is -2.45. The first kappa shape index (κ1) is 23.6. The molecule has 0 radical (unpaired) electrons. The predicted molar refractivity (Wildman–Crippen MR) is 133 cm³/mol. The summed E-state index contributed by atoms with van der Waals surface area (Å²) in [5, 5.41) is 3.82. The second-order valence-electron chi connectivity index (χ2n) is 9.36. The Morgan fingerprint density at radius 2 is 1.86 bits per heavy atom. The number of thiazole rings is 1. The maximum atomic E-state index is 13.6. The Balaban J connectivity index is 1.22. The second-order valence-corrected chi connectivity index (χ2v) is 10.2. The fourth-order valence-corrected chi connectivity index (χ4v) is 5.99. The summed E-state index contributed by atoms with van der Waals surface area (Å²) in [7, 11) is 0. The van der Waals surface area contributed by atoms with Gasteiger partial charge in [0.05, 0.1) is 33.1 Å². The topological polar surface area (TPSA) is 75.2 Å². The lowest BCUT2D eigenvalue weighted by Gasteiger charge is -2.27. The molecule has 6 rings (SSSR count). The van der Waals surface area contributed by atoms with Crippen molar-refractivity contribution in [1.29, 1.82) is 0 Å². The van der Waals surface area contributed by atoms with Crippen LogP contribution < -0.4 is 5.32 Å². The first-order valence-electron chi connectivity index (χ1n) is 11.9. The summed E-state index contributed by atoms with van der Waals surface area (Å²) in [6.07, 6.45) is -1.20. The van der Waals surface area contributed by atoms with Gasteiger partial charge in [0.15, 0.2) is 0 Å². The molecule has 3 atom stereocenters. The van der Waals surface area contributed by atoms with E-state index in [1.807, 2.05) is 18.2 Å². The van der Waals surface area contributed by atoms with Crippen molar-refractivity contribution in [3.63, 3.8) is 0 Å². The van der Waals surface area contributed by atoms with Crippen LogP contribution in [0.5, 0.6) is 0 Å². The first-order chi connectivity index (χ1) is 17.8. The number of likely N-dealkylation sites (tertiary alicyclic amines) is 1. The number of amides is 2. The monoisotopic (exact) mass is 522 g/mol. The highest BCUT2D eigenvalue weighted by molar-refractivity contribution is 7.13. The number of rotatable bonds is 5. The molecule has 2 aliphatic rings. The number of nitrogens with zero attached hydrogens (tertiary/aromatic N) is 3. The number of hydrogen-bond donors (Lipinski definition) is 1. The Morgan fingerprint density at radius 1 is 1.05 bits per heavy atom.